The molecule has 0 fully saturated rings. The minimum absolute atomic E-state index is 0.255. The molecule has 0 saturated carbocycles. The maximum Gasteiger partial charge on any atom is 0.338 e. The van der Waals surface area contributed by atoms with Gasteiger partial charge in [-0.3, -0.25) is 0 Å². The first-order chi connectivity index (χ1) is 6.11. The van der Waals surface area contributed by atoms with Crippen molar-refractivity contribution in [3.8, 4) is 0 Å². The number of benzene rings is 1. The molecule has 0 bridgehead atoms. The van der Waals surface area contributed by atoms with E-state index >= 15 is 0 Å². The van der Waals surface area contributed by atoms with Crippen molar-refractivity contribution in [1.82, 2.24) is 0 Å². The molecule has 2 rings (SSSR count). The molecule has 1 aliphatic heterocycles. The predicted octanol–water partition coefficient (Wildman–Crippen LogP) is 2.97. The van der Waals surface area contributed by atoms with E-state index in [0.717, 1.165) is 11.1 Å². The number of hydrogen-bond acceptors (Lipinski definition) is 2. The normalized spacial score (nSPS) is 14.2. The molecular weight excluding hydrogens is 211 g/mol. The Morgan fingerprint density at radius 1 is 1.46 bits per heavy atom. The number of rotatable bonds is 0. The maximum absolute atomic E-state index is 11.1. The van der Waals surface area contributed by atoms with Gasteiger partial charge in [0.25, 0.3) is 0 Å². The molecule has 0 unspecified atom stereocenters. The number of ether oxygens (including phenoxy) is 1. The summed E-state index contributed by atoms with van der Waals surface area (Å²) >= 11 is 11.9. The van der Waals surface area contributed by atoms with Gasteiger partial charge < -0.3 is 4.74 Å². The molecule has 68 valence electrons. The van der Waals surface area contributed by atoms with Crippen molar-refractivity contribution in [3.05, 3.63) is 32.8 Å². The number of cyclic esters (lactones) is 1. The Bertz CT molecular complexity index is 399. The first-order valence-corrected chi connectivity index (χ1v) is 4.51. The second-order valence-electron chi connectivity index (χ2n) is 2.90. The Morgan fingerprint density at radius 3 is 2.85 bits per heavy atom. The number of carbonyl (C=O) groups excluding carboxylic acids is 1. The molecule has 0 saturated heterocycles. The van der Waals surface area contributed by atoms with Crippen LogP contribution in [0, 0.1) is 6.92 Å². The van der Waals surface area contributed by atoms with Crippen LogP contribution in [-0.4, -0.2) is 5.97 Å². The lowest BCUT2D eigenvalue weighted by Gasteiger charge is -2.04. The average Bonchev–Trinajstić information content (AvgIpc) is 2.45. The van der Waals surface area contributed by atoms with Crippen LogP contribution in [-0.2, 0) is 11.3 Å². The largest absolute Gasteiger partial charge is 0.457 e. The van der Waals surface area contributed by atoms with Gasteiger partial charge in [-0.2, -0.15) is 0 Å². The minimum atomic E-state index is -0.348. The highest BCUT2D eigenvalue weighted by molar-refractivity contribution is 6.37. The second kappa shape index (κ2) is 2.89. The van der Waals surface area contributed by atoms with Gasteiger partial charge in [0.15, 0.2) is 0 Å². The highest BCUT2D eigenvalue weighted by Crippen LogP contribution is 2.34. The van der Waals surface area contributed by atoms with Gasteiger partial charge in [0.2, 0.25) is 0 Å². The molecule has 0 radical (unpaired) electrons. The van der Waals surface area contributed by atoms with Crippen molar-refractivity contribution >= 4 is 29.2 Å². The third-order valence-electron chi connectivity index (χ3n) is 2.12. The minimum Gasteiger partial charge on any atom is -0.457 e. The topological polar surface area (TPSA) is 26.3 Å². The fourth-order valence-corrected chi connectivity index (χ4v) is 1.82. The summed E-state index contributed by atoms with van der Waals surface area (Å²) < 4.78 is 4.83. The number of esters is 1. The summed E-state index contributed by atoms with van der Waals surface area (Å²) in [6.45, 7) is 2.07. The highest BCUT2D eigenvalue weighted by Gasteiger charge is 2.25. The van der Waals surface area contributed by atoms with E-state index in [2.05, 4.69) is 0 Å². The maximum atomic E-state index is 11.1. The summed E-state index contributed by atoms with van der Waals surface area (Å²) in [4.78, 5) is 11.1. The van der Waals surface area contributed by atoms with E-state index < -0.39 is 0 Å². The van der Waals surface area contributed by atoms with E-state index in [9.17, 15) is 4.79 Å². The van der Waals surface area contributed by atoms with Gasteiger partial charge in [-0.05, 0) is 18.6 Å². The van der Waals surface area contributed by atoms with Crippen molar-refractivity contribution in [2.75, 3.05) is 0 Å². The van der Waals surface area contributed by atoms with E-state index in [0.29, 0.717) is 15.6 Å². The number of carbonyl (C=O) groups is 1. The van der Waals surface area contributed by atoms with E-state index in [1.54, 1.807) is 6.07 Å². The summed E-state index contributed by atoms with van der Waals surface area (Å²) in [6, 6.07) is 1.60. The Morgan fingerprint density at radius 2 is 2.15 bits per heavy atom. The third kappa shape index (κ3) is 1.21. The molecule has 1 heterocycles. The molecule has 1 aromatic rings. The van der Waals surface area contributed by atoms with Crippen LogP contribution in [0.1, 0.15) is 21.5 Å². The average molecular weight is 217 g/mol. The first-order valence-electron chi connectivity index (χ1n) is 3.76. The second-order valence-corrected chi connectivity index (χ2v) is 3.68. The van der Waals surface area contributed by atoms with Gasteiger partial charge in [-0.15, -0.1) is 0 Å². The Balaban J connectivity index is 2.74. The van der Waals surface area contributed by atoms with Gasteiger partial charge in [0.05, 0.1) is 10.6 Å². The Hall–Kier alpha value is -0.730. The lowest BCUT2D eigenvalue weighted by molar-refractivity contribution is 0.0535. The van der Waals surface area contributed by atoms with Crippen molar-refractivity contribution in [3.63, 3.8) is 0 Å². The molecule has 0 amide bonds. The fraction of sp³-hybridized carbons (Fsp3) is 0.222. The molecule has 0 aromatic heterocycles. The van der Waals surface area contributed by atoms with Crippen LogP contribution in [0.4, 0.5) is 0 Å². The van der Waals surface area contributed by atoms with E-state index in [1.165, 1.54) is 0 Å². The van der Waals surface area contributed by atoms with Crippen molar-refractivity contribution in [1.29, 1.82) is 0 Å². The lowest BCUT2D eigenvalue weighted by atomic mass is 10.1. The Kier molecular flexibility index (Phi) is 1.97. The van der Waals surface area contributed by atoms with E-state index in [-0.39, 0.29) is 12.6 Å². The predicted molar refractivity (Wildman–Crippen MR) is 50.3 cm³/mol. The van der Waals surface area contributed by atoms with Crippen LogP contribution in [0.3, 0.4) is 0 Å². The number of fused-ring (bicyclic) bond motifs is 1. The zero-order valence-corrected chi connectivity index (χ0v) is 8.37. The van der Waals surface area contributed by atoms with Crippen LogP contribution in [0.5, 0.6) is 0 Å². The first kappa shape index (κ1) is 8.85. The monoisotopic (exact) mass is 216 g/mol. The molecule has 1 aromatic carbocycles. The summed E-state index contributed by atoms with van der Waals surface area (Å²) in [5.74, 6) is -0.348. The van der Waals surface area contributed by atoms with Gasteiger partial charge in [0, 0.05) is 10.6 Å². The standard InChI is InChI=1S/C9H6Cl2O2/c1-4-7(10)2-5-6(8(4)11)3-13-9(5)12/h2H,3H2,1H3. The number of halogens is 2. The molecule has 0 spiro atoms. The van der Waals surface area contributed by atoms with Gasteiger partial charge in [0.1, 0.15) is 6.61 Å². The van der Waals surface area contributed by atoms with E-state index in [1.807, 2.05) is 6.92 Å². The van der Waals surface area contributed by atoms with Gasteiger partial charge >= 0.3 is 5.97 Å². The summed E-state index contributed by atoms with van der Waals surface area (Å²) in [6.07, 6.45) is 0. The van der Waals surface area contributed by atoms with Crippen molar-refractivity contribution in [2.45, 2.75) is 13.5 Å². The van der Waals surface area contributed by atoms with Crippen LogP contribution < -0.4 is 0 Å². The van der Waals surface area contributed by atoms with E-state index in [4.69, 9.17) is 27.9 Å². The fourth-order valence-electron chi connectivity index (χ4n) is 1.31. The summed E-state index contributed by atoms with van der Waals surface area (Å²) in [7, 11) is 0. The zero-order chi connectivity index (χ0) is 9.59. The van der Waals surface area contributed by atoms with Crippen LogP contribution >= 0.6 is 23.2 Å². The summed E-state index contributed by atoms with van der Waals surface area (Å²) in [5.41, 5.74) is 2.02. The lowest BCUT2D eigenvalue weighted by Crippen LogP contribution is -1.94. The summed E-state index contributed by atoms with van der Waals surface area (Å²) in [5, 5.41) is 1.04. The van der Waals surface area contributed by atoms with Crippen LogP contribution in [0.2, 0.25) is 10.0 Å². The Labute approximate surface area is 85.4 Å². The SMILES string of the molecule is Cc1c(Cl)cc2c(c1Cl)COC2=O. The molecule has 0 N–H and O–H groups in total. The highest BCUT2D eigenvalue weighted by atomic mass is 35.5. The van der Waals surface area contributed by atoms with Gasteiger partial charge in [-0.1, -0.05) is 23.2 Å². The molecule has 0 atom stereocenters. The molecule has 4 heteroatoms. The quantitative estimate of drug-likeness (QED) is 0.624. The van der Waals surface area contributed by atoms with Gasteiger partial charge in [-0.25, -0.2) is 4.79 Å². The smallest absolute Gasteiger partial charge is 0.338 e. The van der Waals surface area contributed by atoms with Crippen molar-refractivity contribution in [2.24, 2.45) is 0 Å². The third-order valence-corrected chi connectivity index (χ3v) is 3.02. The van der Waals surface area contributed by atoms with Crippen molar-refractivity contribution < 1.29 is 9.53 Å². The van der Waals surface area contributed by atoms with Crippen LogP contribution in [0.15, 0.2) is 6.07 Å². The van der Waals surface area contributed by atoms with Crippen LogP contribution in [0.25, 0.3) is 0 Å². The number of hydrogen-bond donors (Lipinski definition) is 0. The molecule has 0 aliphatic carbocycles. The zero-order valence-electron chi connectivity index (χ0n) is 6.86. The molecule has 1 aliphatic rings. The molecular formula is C9H6Cl2O2. The molecule has 13 heavy (non-hydrogen) atoms. The molecule has 2 nitrogen and oxygen atoms in total.